The summed E-state index contributed by atoms with van der Waals surface area (Å²) in [4.78, 5) is 27.5. The van der Waals surface area contributed by atoms with E-state index in [-0.39, 0.29) is 22.2 Å². The Labute approximate surface area is 196 Å². The highest BCUT2D eigenvalue weighted by molar-refractivity contribution is 6.51. The van der Waals surface area contributed by atoms with Gasteiger partial charge in [0, 0.05) is 11.6 Å². The first-order valence-corrected chi connectivity index (χ1v) is 10.8. The molecule has 1 aromatic heterocycles. The van der Waals surface area contributed by atoms with Gasteiger partial charge in [0.2, 0.25) is 0 Å². The van der Waals surface area contributed by atoms with E-state index in [1.807, 2.05) is 24.3 Å². The number of carbonyl (C=O) groups excluding carboxylic acids is 2. The summed E-state index contributed by atoms with van der Waals surface area (Å²) >= 11 is 6.23. The van der Waals surface area contributed by atoms with Crippen molar-refractivity contribution in [3.05, 3.63) is 81.6 Å². The minimum absolute atomic E-state index is 0.0563. The van der Waals surface area contributed by atoms with Crippen LogP contribution in [0.25, 0.3) is 5.76 Å². The number of ketones is 1. The maximum absolute atomic E-state index is 13.2. The summed E-state index contributed by atoms with van der Waals surface area (Å²) in [7, 11) is 1.48. The van der Waals surface area contributed by atoms with Crippen LogP contribution in [-0.4, -0.2) is 29.1 Å². The zero-order chi connectivity index (χ0) is 23.9. The second-order valence-corrected chi connectivity index (χ2v) is 8.54. The monoisotopic (exact) mass is 466 g/mol. The number of aryl methyl sites for hydroxylation is 1. The zero-order valence-electron chi connectivity index (χ0n) is 18.6. The summed E-state index contributed by atoms with van der Waals surface area (Å²) in [5.41, 5.74) is 1.99. The van der Waals surface area contributed by atoms with Crippen LogP contribution in [0.1, 0.15) is 48.3 Å². The highest BCUT2D eigenvalue weighted by atomic mass is 35.5. The number of rotatable bonds is 5. The van der Waals surface area contributed by atoms with Gasteiger partial charge in [0.1, 0.15) is 17.3 Å². The number of Topliss-reactive ketones (excluding diaryl/α,β-unsaturated/α-hetero) is 1. The summed E-state index contributed by atoms with van der Waals surface area (Å²) in [6.07, 6.45) is 0. The Kier molecular flexibility index (Phi) is 5.99. The molecule has 0 aliphatic carbocycles. The highest BCUT2D eigenvalue weighted by Gasteiger charge is 2.48. The summed E-state index contributed by atoms with van der Waals surface area (Å²) in [5.74, 6) is -0.543. The van der Waals surface area contributed by atoms with E-state index < -0.39 is 17.7 Å². The lowest BCUT2D eigenvalue weighted by atomic mass is 9.93. The summed E-state index contributed by atoms with van der Waals surface area (Å²) in [6.45, 7) is 5.85. The van der Waals surface area contributed by atoms with Crippen LogP contribution in [0.4, 0.5) is 5.82 Å². The first-order chi connectivity index (χ1) is 15.7. The number of anilines is 1. The number of carbonyl (C=O) groups is 2. The van der Waals surface area contributed by atoms with Gasteiger partial charge in [-0.1, -0.05) is 54.9 Å². The lowest BCUT2D eigenvalue weighted by Crippen LogP contribution is -2.29. The van der Waals surface area contributed by atoms with E-state index >= 15 is 0 Å². The van der Waals surface area contributed by atoms with Crippen LogP contribution in [0.3, 0.4) is 0 Å². The van der Waals surface area contributed by atoms with E-state index in [9.17, 15) is 14.7 Å². The lowest BCUT2D eigenvalue weighted by molar-refractivity contribution is -0.132. The Morgan fingerprint density at radius 3 is 2.39 bits per heavy atom. The average molecular weight is 467 g/mol. The van der Waals surface area contributed by atoms with Gasteiger partial charge in [0.25, 0.3) is 5.78 Å². The molecule has 1 amide bonds. The molecule has 0 radical (unpaired) electrons. The molecular weight excluding hydrogens is 444 g/mol. The summed E-state index contributed by atoms with van der Waals surface area (Å²) in [5, 5.41) is 15.4. The van der Waals surface area contributed by atoms with Crippen molar-refractivity contribution in [2.24, 2.45) is 0 Å². The number of aliphatic hydroxyl groups excluding tert-OH is 1. The minimum atomic E-state index is -0.892. The van der Waals surface area contributed by atoms with Gasteiger partial charge in [-0.05, 0) is 42.2 Å². The molecule has 1 aliphatic rings. The first kappa shape index (κ1) is 22.6. The molecule has 0 saturated carbocycles. The van der Waals surface area contributed by atoms with Crippen molar-refractivity contribution in [1.82, 2.24) is 5.16 Å². The van der Waals surface area contributed by atoms with Gasteiger partial charge in [-0.15, -0.1) is 0 Å². The zero-order valence-corrected chi connectivity index (χ0v) is 19.4. The van der Waals surface area contributed by atoms with Crippen LogP contribution >= 0.6 is 11.6 Å². The third-order valence-corrected chi connectivity index (χ3v) is 5.95. The molecule has 33 heavy (non-hydrogen) atoms. The van der Waals surface area contributed by atoms with Gasteiger partial charge >= 0.3 is 5.91 Å². The molecule has 1 saturated heterocycles. The van der Waals surface area contributed by atoms with E-state index in [0.717, 1.165) is 5.56 Å². The quantitative estimate of drug-likeness (QED) is 0.307. The van der Waals surface area contributed by atoms with E-state index in [0.29, 0.717) is 28.6 Å². The Balaban J connectivity index is 1.91. The maximum Gasteiger partial charge on any atom is 0.301 e. The van der Waals surface area contributed by atoms with Gasteiger partial charge < -0.3 is 14.4 Å². The number of ether oxygens (including phenoxy) is 1. The molecule has 2 aromatic carbocycles. The van der Waals surface area contributed by atoms with Crippen molar-refractivity contribution in [2.45, 2.75) is 32.7 Å². The van der Waals surface area contributed by atoms with Crippen LogP contribution in [0.5, 0.6) is 5.75 Å². The van der Waals surface area contributed by atoms with E-state index in [2.05, 4.69) is 19.0 Å². The number of hydrogen-bond acceptors (Lipinski definition) is 6. The van der Waals surface area contributed by atoms with Crippen LogP contribution in [0.2, 0.25) is 5.02 Å². The largest absolute Gasteiger partial charge is 0.507 e. The molecule has 1 N–H and O–H groups in total. The number of amides is 1. The van der Waals surface area contributed by atoms with Gasteiger partial charge in [-0.2, -0.15) is 0 Å². The Morgan fingerprint density at radius 2 is 1.85 bits per heavy atom. The number of hydrogen-bond donors (Lipinski definition) is 1. The van der Waals surface area contributed by atoms with E-state index in [1.165, 1.54) is 18.1 Å². The topological polar surface area (TPSA) is 92.9 Å². The highest BCUT2D eigenvalue weighted by Crippen LogP contribution is 2.42. The molecule has 3 aromatic rings. The van der Waals surface area contributed by atoms with Crippen LogP contribution < -0.4 is 9.64 Å². The van der Waals surface area contributed by atoms with Gasteiger partial charge in [-0.3, -0.25) is 14.5 Å². The number of aromatic nitrogens is 1. The predicted molar refractivity (Wildman–Crippen MR) is 125 cm³/mol. The van der Waals surface area contributed by atoms with Crippen molar-refractivity contribution in [1.29, 1.82) is 0 Å². The maximum atomic E-state index is 13.2. The van der Waals surface area contributed by atoms with E-state index in [1.54, 1.807) is 25.1 Å². The molecule has 1 aliphatic heterocycles. The summed E-state index contributed by atoms with van der Waals surface area (Å²) < 4.78 is 10.3. The molecule has 4 rings (SSSR count). The Morgan fingerprint density at radius 1 is 1.15 bits per heavy atom. The first-order valence-electron chi connectivity index (χ1n) is 10.4. The molecular formula is C25H23ClN2O5. The number of benzene rings is 2. The molecule has 1 atom stereocenters. The fraction of sp³-hybridized carbons (Fsp3) is 0.240. The minimum Gasteiger partial charge on any atom is -0.507 e. The molecule has 8 heteroatoms. The number of nitrogens with zero attached hydrogens (tertiary/aromatic N) is 2. The standard InChI is InChI=1S/C25H23ClN2O5/c1-13(2)15-5-7-16(8-6-15)22-21(23(29)17-9-10-19(32-4)18(26)12-17)24(30)25(31)28(22)20-11-14(3)33-27-20/h5-13,22,29H,1-4H3/b23-21-. The van der Waals surface area contributed by atoms with Crippen LogP contribution in [0, 0.1) is 6.92 Å². The molecule has 7 nitrogen and oxygen atoms in total. The van der Waals surface area contributed by atoms with Crippen molar-refractivity contribution in [3.63, 3.8) is 0 Å². The van der Waals surface area contributed by atoms with Crippen LogP contribution in [0.15, 0.2) is 58.6 Å². The van der Waals surface area contributed by atoms with Crippen molar-refractivity contribution in [2.75, 3.05) is 12.0 Å². The second kappa shape index (κ2) is 8.75. The molecule has 1 fully saturated rings. The number of aliphatic hydroxyl groups is 1. The predicted octanol–water partition coefficient (Wildman–Crippen LogP) is 5.39. The van der Waals surface area contributed by atoms with Gasteiger partial charge in [0.05, 0.1) is 23.7 Å². The lowest BCUT2D eigenvalue weighted by Gasteiger charge is -2.23. The third-order valence-electron chi connectivity index (χ3n) is 5.65. The molecule has 170 valence electrons. The Bertz CT molecular complexity index is 1260. The fourth-order valence-electron chi connectivity index (χ4n) is 3.88. The van der Waals surface area contributed by atoms with Crippen molar-refractivity contribution < 1.29 is 24.0 Å². The Hall–Kier alpha value is -3.58. The molecule has 1 unspecified atom stereocenters. The van der Waals surface area contributed by atoms with Gasteiger partial charge in [0.15, 0.2) is 5.82 Å². The average Bonchev–Trinajstić information content (AvgIpc) is 3.34. The number of halogens is 1. The number of methoxy groups -OCH3 is 1. The van der Waals surface area contributed by atoms with Gasteiger partial charge in [-0.25, -0.2) is 0 Å². The molecule has 2 heterocycles. The fourth-order valence-corrected chi connectivity index (χ4v) is 4.14. The third kappa shape index (κ3) is 4.00. The SMILES string of the molecule is COc1ccc(/C(O)=C2/C(=O)C(=O)N(c3cc(C)on3)C2c2ccc(C(C)C)cc2)cc1Cl. The van der Waals surface area contributed by atoms with Crippen LogP contribution in [-0.2, 0) is 9.59 Å². The molecule has 0 spiro atoms. The normalized spacial score (nSPS) is 17.8. The summed E-state index contributed by atoms with van der Waals surface area (Å²) in [6, 6.07) is 12.9. The van der Waals surface area contributed by atoms with E-state index in [4.69, 9.17) is 20.9 Å². The molecule has 0 bridgehead atoms. The smallest absolute Gasteiger partial charge is 0.301 e. The van der Waals surface area contributed by atoms with Crippen molar-refractivity contribution in [3.8, 4) is 5.75 Å². The second-order valence-electron chi connectivity index (χ2n) is 8.14. The van der Waals surface area contributed by atoms with Crippen molar-refractivity contribution >= 4 is 34.9 Å².